The molecule has 0 aliphatic rings. The minimum absolute atomic E-state index is 0.910. The van der Waals surface area contributed by atoms with Crippen molar-refractivity contribution in [1.82, 2.24) is 0 Å². The molecule has 0 bridgehead atoms. The second-order valence-electron chi connectivity index (χ2n) is 2.06. The Kier molecular flexibility index (Phi) is 8.08. The Balaban J connectivity index is 3.49. The molecule has 2 radical (unpaired) electrons. The van der Waals surface area contributed by atoms with Gasteiger partial charge in [-0.05, 0) is 12.1 Å². The maximum Gasteiger partial charge on any atom is 0.383 e. The van der Waals surface area contributed by atoms with Gasteiger partial charge in [-0.3, -0.25) is 0 Å². The lowest BCUT2D eigenvalue weighted by Gasteiger charge is -2.11. The van der Waals surface area contributed by atoms with Crippen LogP contribution in [-0.2, 0) is 17.7 Å². The lowest BCUT2D eigenvalue weighted by Crippen LogP contribution is -2.25. The lowest BCUT2D eigenvalue weighted by molar-refractivity contribution is 0.266. The minimum atomic E-state index is -1.07. The van der Waals surface area contributed by atoms with E-state index in [4.69, 9.17) is 17.7 Å². The minimum Gasteiger partial charge on any atom is -0.397 e. The molecule has 0 saturated carbocycles. The molecular weight excluding hydrogens is 192 g/mol. The van der Waals surface area contributed by atoms with Gasteiger partial charge in [-0.15, -0.1) is 0 Å². The third-order valence-corrected chi connectivity index (χ3v) is 5.08. The third-order valence-electron chi connectivity index (χ3n) is 1.44. The molecule has 0 aromatic rings. The summed E-state index contributed by atoms with van der Waals surface area (Å²) in [5, 5.41) is 0. The standard InChI is InChI=1S/C6H16O4Si2/c1-7-11(8-2)5-6-12(9-3)10-4/h5-6H2,1-4H3. The van der Waals surface area contributed by atoms with Gasteiger partial charge in [0.2, 0.25) is 0 Å². The molecule has 0 unspecified atom stereocenters. The van der Waals surface area contributed by atoms with Gasteiger partial charge in [-0.2, -0.15) is 0 Å². The summed E-state index contributed by atoms with van der Waals surface area (Å²) in [6, 6.07) is 1.82. The van der Waals surface area contributed by atoms with E-state index in [1.54, 1.807) is 28.4 Å². The van der Waals surface area contributed by atoms with Crippen LogP contribution in [0.25, 0.3) is 0 Å². The molecule has 0 rings (SSSR count). The summed E-state index contributed by atoms with van der Waals surface area (Å²) in [6.45, 7) is 0. The summed E-state index contributed by atoms with van der Waals surface area (Å²) in [6.07, 6.45) is 0. The molecule has 4 nitrogen and oxygen atoms in total. The molecule has 0 amide bonds. The average Bonchev–Trinajstić information content (AvgIpc) is 2.13. The van der Waals surface area contributed by atoms with E-state index in [1.807, 2.05) is 0 Å². The Labute approximate surface area is 77.5 Å². The van der Waals surface area contributed by atoms with Gasteiger partial charge in [-0.25, -0.2) is 0 Å². The summed E-state index contributed by atoms with van der Waals surface area (Å²) in [7, 11) is 4.54. The van der Waals surface area contributed by atoms with Crippen LogP contribution in [0.3, 0.4) is 0 Å². The van der Waals surface area contributed by atoms with Crippen molar-refractivity contribution in [2.24, 2.45) is 0 Å². The summed E-state index contributed by atoms with van der Waals surface area (Å²) < 4.78 is 20.5. The van der Waals surface area contributed by atoms with Crippen LogP contribution in [0.1, 0.15) is 0 Å². The molecule has 0 N–H and O–H groups in total. The van der Waals surface area contributed by atoms with Gasteiger partial charge in [0.05, 0.1) is 0 Å². The molecule has 0 fully saturated rings. The molecule has 6 heteroatoms. The first kappa shape index (κ1) is 12.3. The largest absolute Gasteiger partial charge is 0.397 e. The van der Waals surface area contributed by atoms with Crippen molar-refractivity contribution in [1.29, 1.82) is 0 Å². The second kappa shape index (κ2) is 7.90. The Morgan fingerprint density at radius 1 is 0.667 bits per heavy atom. The summed E-state index contributed by atoms with van der Waals surface area (Å²) in [5.74, 6) is 0. The van der Waals surface area contributed by atoms with Crippen LogP contribution in [0.15, 0.2) is 0 Å². The van der Waals surface area contributed by atoms with E-state index in [9.17, 15) is 0 Å². The number of hydrogen-bond donors (Lipinski definition) is 0. The summed E-state index contributed by atoms with van der Waals surface area (Å²) in [5.41, 5.74) is 0. The van der Waals surface area contributed by atoms with Crippen molar-refractivity contribution < 1.29 is 17.7 Å². The summed E-state index contributed by atoms with van der Waals surface area (Å²) in [4.78, 5) is 0. The number of rotatable bonds is 7. The first-order chi connectivity index (χ1) is 5.78. The fourth-order valence-corrected chi connectivity index (χ4v) is 3.56. The second-order valence-corrected chi connectivity index (χ2v) is 6.18. The van der Waals surface area contributed by atoms with Gasteiger partial charge in [0.15, 0.2) is 0 Å². The van der Waals surface area contributed by atoms with Crippen LogP contribution in [0, 0.1) is 0 Å². The monoisotopic (exact) mass is 208 g/mol. The van der Waals surface area contributed by atoms with Crippen molar-refractivity contribution >= 4 is 18.6 Å². The quantitative estimate of drug-likeness (QED) is 0.573. The zero-order valence-corrected chi connectivity index (χ0v) is 10.0. The Bertz CT molecular complexity index is 83.5. The van der Waals surface area contributed by atoms with Crippen LogP contribution in [0.2, 0.25) is 12.1 Å². The van der Waals surface area contributed by atoms with Crippen molar-refractivity contribution in [3.05, 3.63) is 0 Å². The summed E-state index contributed by atoms with van der Waals surface area (Å²) >= 11 is 0. The van der Waals surface area contributed by atoms with Crippen molar-refractivity contribution in [2.45, 2.75) is 12.1 Å². The highest BCUT2D eigenvalue weighted by Gasteiger charge is 2.18. The first-order valence-electron chi connectivity index (χ1n) is 3.66. The van der Waals surface area contributed by atoms with Gasteiger partial charge in [-0.1, -0.05) is 0 Å². The van der Waals surface area contributed by atoms with Crippen molar-refractivity contribution in [2.75, 3.05) is 28.4 Å². The van der Waals surface area contributed by atoms with Gasteiger partial charge < -0.3 is 17.7 Å². The maximum atomic E-state index is 5.12. The molecule has 72 valence electrons. The Morgan fingerprint density at radius 2 is 0.917 bits per heavy atom. The molecule has 12 heavy (non-hydrogen) atoms. The maximum absolute atomic E-state index is 5.12. The molecule has 0 aromatic heterocycles. The van der Waals surface area contributed by atoms with Gasteiger partial charge in [0, 0.05) is 28.4 Å². The van der Waals surface area contributed by atoms with Crippen molar-refractivity contribution in [3.63, 3.8) is 0 Å². The van der Waals surface area contributed by atoms with Crippen LogP contribution in [-0.4, -0.2) is 47.0 Å². The molecule has 0 heterocycles. The van der Waals surface area contributed by atoms with E-state index >= 15 is 0 Å². The van der Waals surface area contributed by atoms with E-state index in [-0.39, 0.29) is 0 Å². The molecule has 0 spiro atoms. The molecular formula is C6H16O4Si2. The zero-order chi connectivity index (χ0) is 9.40. The van der Waals surface area contributed by atoms with E-state index in [2.05, 4.69) is 0 Å². The van der Waals surface area contributed by atoms with E-state index in [0.29, 0.717) is 0 Å². The lowest BCUT2D eigenvalue weighted by atomic mass is 11.0. The molecule has 0 atom stereocenters. The van der Waals surface area contributed by atoms with E-state index in [0.717, 1.165) is 12.1 Å². The molecule has 0 saturated heterocycles. The van der Waals surface area contributed by atoms with Gasteiger partial charge in [0.25, 0.3) is 0 Å². The SMILES string of the molecule is CO[Si](CC[Si](OC)OC)OC. The van der Waals surface area contributed by atoms with E-state index in [1.165, 1.54) is 0 Å². The molecule has 0 aromatic carbocycles. The van der Waals surface area contributed by atoms with E-state index < -0.39 is 18.6 Å². The van der Waals surface area contributed by atoms with Crippen molar-refractivity contribution in [3.8, 4) is 0 Å². The topological polar surface area (TPSA) is 36.9 Å². The van der Waals surface area contributed by atoms with Gasteiger partial charge in [0.1, 0.15) is 0 Å². The molecule has 0 aliphatic carbocycles. The normalized spacial score (nSPS) is 11.5. The predicted molar refractivity (Wildman–Crippen MR) is 49.2 cm³/mol. The average molecular weight is 208 g/mol. The highest BCUT2D eigenvalue weighted by Crippen LogP contribution is 2.04. The highest BCUT2D eigenvalue weighted by atomic mass is 28.3. The predicted octanol–water partition coefficient (Wildman–Crippen LogP) is 0.548. The third kappa shape index (κ3) is 5.01. The van der Waals surface area contributed by atoms with Crippen LogP contribution < -0.4 is 0 Å². The van der Waals surface area contributed by atoms with Gasteiger partial charge >= 0.3 is 18.6 Å². The Hall–Kier alpha value is 0.274. The zero-order valence-electron chi connectivity index (χ0n) is 8.05. The fourth-order valence-electron chi connectivity index (χ4n) is 0.779. The van der Waals surface area contributed by atoms with Crippen LogP contribution in [0.4, 0.5) is 0 Å². The first-order valence-corrected chi connectivity index (χ1v) is 6.70. The highest BCUT2D eigenvalue weighted by molar-refractivity contribution is 6.50. The van der Waals surface area contributed by atoms with Crippen LogP contribution in [0.5, 0.6) is 0 Å². The Morgan fingerprint density at radius 3 is 1.08 bits per heavy atom. The fraction of sp³-hybridized carbons (Fsp3) is 1.00. The number of hydrogen-bond acceptors (Lipinski definition) is 4. The smallest absolute Gasteiger partial charge is 0.383 e. The molecule has 0 aliphatic heterocycles. The van der Waals surface area contributed by atoms with Crippen LogP contribution >= 0.6 is 0 Å².